The molecule has 0 aliphatic carbocycles. The molecule has 0 aliphatic heterocycles. The summed E-state index contributed by atoms with van der Waals surface area (Å²) in [6, 6.07) is 7.47. The van der Waals surface area contributed by atoms with Crippen molar-refractivity contribution in [1.29, 1.82) is 0 Å². The summed E-state index contributed by atoms with van der Waals surface area (Å²) in [7, 11) is 0. The van der Waals surface area contributed by atoms with Crippen LogP contribution in [0.15, 0.2) is 36.6 Å². The normalized spacial score (nSPS) is 10.4. The maximum Gasteiger partial charge on any atom is 0.272 e. The highest BCUT2D eigenvalue weighted by Gasteiger charge is 2.12. The van der Waals surface area contributed by atoms with Crippen molar-refractivity contribution < 1.29 is 9.90 Å². The van der Waals surface area contributed by atoms with Gasteiger partial charge in [0, 0.05) is 18.4 Å². The summed E-state index contributed by atoms with van der Waals surface area (Å²) < 4.78 is 0. The molecular formula is C13H15N3O2. The van der Waals surface area contributed by atoms with Crippen LogP contribution in [0.5, 0.6) is 0 Å². The molecule has 94 valence electrons. The fourth-order valence-electron chi connectivity index (χ4n) is 1.71. The largest absolute Gasteiger partial charge is 0.513 e. The van der Waals surface area contributed by atoms with E-state index in [1.165, 1.54) is 0 Å². The van der Waals surface area contributed by atoms with Crippen molar-refractivity contribution in [3.8, 4) is 0 Å². The monoisotopic (exact) mass is 245 g/mol. The number of benzene rings is 1. The van der Waals surface area contributed by atoms with Crippen LogP contribution in [0, 0.1) is 0 Å². The third-order valence-corrected chi connectivity index (χ3v) is 2.61. The summed E-state index contributed by atoms with van der Waals surface area (Å²) in [5.74, 6) is -0.0783. The molecule has 0 saturated heterocycles. The number of aliphatic hydroxyl groups excluding tert-OH is 1. The van der Waals surface area contributed by atoms with Crippen LogP contribution in [0.1, 0.15) is 23.3 Å². The van der Waals surface area contributed by atoms with E-state index in [1.807, 2.05) is 24.3 Å². The minimum Gasteiger partial charge on any atom is -0.513 e. The molecule has 0 spiro atoms. The number of para-hydroxylation sites is 1. The van der Waals surface area contributed by atoms with Gasteiger partial charge < -0.3 is 10.4 Å². The van der Waals surface area contributed by atoms with Crippen LogP contribution in [0.2, 0.25) is 0 Å². The van der Waals surface area contributed by atoms with Gasteiger partial charge in [0.2, 0.25) is 0 Å². The van der Waals surface area contributed by atoms with Gasteiger partial charge in [-0.25, -0.2) is 0 Å². The van der Waals surface area contributed by atoms with Crippen molar-refractivity contribution in [3.63, 3.8) is 0 Å². The summed E-state index contributed by atoms with van der Waals surface area (Å²) in [6.07, 6.45) is 1.14. The lowest BCUT2D eigenvalue weighted by Crippen LogP contribution is -2.25. The number of aromatic amines is 1. The van der Waals surface area contributed by atoms with E-state index >= 15 is 0 Å². The number of rotatable bonds is 5. The molecule has 0 radical (unpaired) electrons. The Bertz CT molecular complexity index is 574. The zero-order valence-corrected chi connectivity index (χ0v) is 9.94. The van der Waals surface area contributed by atoms with Crippen LogP contribution >= 0.6 is 0 Å². The molecule has 1 aromatic heterocycles. The lowest BCUT2D eigenvalue weighted by molar-refractivity contribution is 0.0949. The number of aromatic nitrogens is 2. The van der Waals surface area contributed by atoms with Crippen molar-refractivity contribution in [1.82, 2.24) is 15.5 Å². The number of fused-ring (bicyclic) bond motifs is 1. The van der Waals surface area contributed by atoms with Crippen LogP contribution in [-0.4, -0.2) is 27.8 Å². The van der Waals surface area contributed by atoms with Gasteiger partial charge in [0.15, 0.2) is 5.69 Å². The highest BCUT2D eigenvalue weighted by atomic mass is 16.3. The fourth-order valence-corrected chi connectivity index (χ4v) is 1.71. The lowest BCUT2D eigenvalue weighted by Gasteiger charge is -2.02. The first kappa shape index (κ1) is 12.2. The Morgan fingerprint density at radius 2 is 2.22 bits per heavy atom. The van der Waals surface area contributed by atoms with Gasteiger partial charge in [-0.3, -0.25) is 9.89 Å². The number of amides is 1. The SMILES string of the molecule is C=C(O)CCCNC(=O)c1n[nH]c2ccccc12. The minimum absolute atomic E-state index is 0.134. The summed E-state index contributed by atoms with van der Waals surface area (Å²) >= 11 is 0. The quantitative estimate of drug-likeness (QED) is 0.558. The number of aliphatic hydroxyl groups is 1. The first-order chi connectivity index (χ1) is 8.68. The van der Waals surface area contributed by atoms with Crippen LogP contribution < -0.4 is 5.32 Å². The topological polar surface area (TPSA) is 78.0 Å². The van der Waals surface area contributed by atoms with Gasteiger partial charge in [-0.2, -0.15) is 5.10 Å². The second-order valence-electron chi connectivity index (χ2n) is 4.04. The van der Waals surface area contributed by atoms with Crippen LogP contribution in [0.3, 0.4) is 0 Å². The molecule has 5 heteroatoms. The lowest BCUT2D eigenvalue weighted by atomic mass is 10.2. The van der Waals surface area contributed by atoms with Gasteiger partial charge >= 0.3 is 0 Å². The van der Waals surface area contributed by atoms with E-state index in [1.54, 1.807) is 0 Å². The maximum absolute atomic E-state index is 11.9. The molecule has 1 amide bonds. The molecule has 0 unspecified atom stereocenters. The molecule has 0 atom stereocenters. The molecule has 0 fully saturated rings. The molecule has 3 N–H and O–H groups in total. The van der Waals surface area contributed by atoms with E-state index < -0.39 is 0 Å². The number of allylic oxidation sites excluding steroid dienone is 1. The smallest absolute Gasteiger partial charge is 0.272 e. The summed E-state index contributed by atoms with van der Waals surface area (Å²) in [5.41, 5.74) is 1.24. The highest BCUT2D eigenvalue weighted by Crippen LogP contribution is 2.14. The van der Waals surface area contributed by atoms with Gasteiger partial charge in [0.05, 0.1) is 11.3 Å². The first-order valence-electron chi connectivity index (χ1n) is 5.76. The second kappa shape index (κ2) is 5.35. The van der Waals surface area contributed by atoms with Crippen LogP contribution in [0.4, 0.5) is 0 Å². The molecule has 0 aliphatic rings. The van der Waals surface area contributed by atoms with Crippen molar-refractivity contribution in [3.05, 3.63) is 42.3 Å². The Morgan fingerprint density at radius 3 is 3.00 bits per heavy atom. The van der Waals surface area contributed by atoms with E-state index in [2.05, 4.69) is 22.1 Å². The fraction of sp³-hybridized carbons (Fsp3) is 0.231. The van der Waals surface area contributed by atoms with Gasteiger partial charge in [-0.05, 0) is 12.5 Å². The number of nitrogens with zero attached hydrogens (tertiary/aromatic N) is 1. The van der Waals surface area contributed by atoms with Crippen molar-refractivity contribution >= 4 is 16.8 Å². The van der Waals surface area contributed by atoms with E-state index in [4.69, 9.17) is 5.11 Å². The zero-order chi connectivity index (χ0) is 13.0. The summed E-state index contributed by atoms with van der Waals surface area (Å²) in [4.78, 5) is 11.9. The number of carbonyl (C=O) groups excluding carboxylic acids is 1. The Hall–Kier alpha value is -2.30. The van der Waals surface area contributed by atoms with Gasteiger partial charge in [0.25, 0.3) is 5.91 Å². The van der Waals surface area contributed by atoms with Crippen LogP contribution in [-0.2, 0) is 0 Å². The molecular weight excluding hydrogens is 230 g/mol. The predicted molar refractivity (Wildman–Crippen MR) is 69.4 cm³/mol. The van der Waals surface area contributed by atoms with E-state index in [-0.39, 0.29) is 11.7 Å². The third kappa shape index (κ3) is 2.68. The average molecular weight is 245 g/mol. The average Bonchev–Trinajstić information content (AvgIpc) is 2.78. The first-order valence-corrected chi connectivity index (χ1v) is 5.76. The zero-order valence-electron chi connectivity index (χ0n) is 9.94. The summed E-state index contributed by atoms with van der Waals surface area (Å²) in [5, 5.41) is 19.3. The van der Waals surface area contributed by atoms with Gasteiger partial charge in [-0.15, -0.1) is 0 Å². The Balaban J connectivity index is 1.99. The molecule has 0 bridgehead atoms. The van der Waals surface area contributed by atoms with E-state index in [0.717, 1.165) is 10.9 Å². The predicted octanol–water partition coefficient (Wildman–Crippen LogP) is 2.14. The van der Waals surface area contributed by atoms with E-state index in [0.29, 0.717) is 25.1 Å². The molecule has 2 rings (SSSR count). The Labute approximate surface area is 105 Å². The van der Waals surface area contributed by atoms with Crippen molar-refractivity contribution in [2.24, 2.45) is 0 Å². The third-order valence-electron chi connectivity index (χ3n) is 2.61. The van der Waals surface area contributed by atoms with Crippen molar-refractivity contribution in [2.45, 2.75) is 12.8 Å². The molecule has 1 heterocycles. The Kier molecular flexibility index (Phi) is 3.62. The standard InChI is InChI=1S/C13H15N3O2/c1-9(17)5-4-8-14-13(18)12-10-6-2-3-7-11(10)15-16-12/h2-3,6-7,17H,1,4-5,8H2,(H,14,18)(H,15,16). The van der Waals surface area contributed by atoms with E-state index in [9.17, 15) is 4.79 Å². The number of hydrogen-bond donors (Lipinski definition) is 3. The number of H-pyrrole nitrogens is 1. The maximum atomic E-state index is 11.9. The number of nitrogens with one attached hydrogen (secondary N) is 2. The highest BCUT2D eigenvalue weighted by molar-refractivity contribution is 6.04. The Morgan fingerprint density at radius 1 is 1.44 bits per heavy atom. The van der Waals surface area contributed by atoms with Crippen LogP contribution in [0.25, 0.3) is 10.9 Å². The number of carbonyl (C=O) groups is 1. The number of hydrogen-bond acceptors (Lipinski definition) is 3. The molecule has 1 aromatic carbocycles. The molecule has 18 heavy (non-hydrogen) atoms. The summed E-state index contributed by atoms with van der Waals surface area (Å²) in [6.45, 7) is 3.87. The van der Waals surface area contributed by atoms with Gasteiger partial charge in [-0.1, -0.05) is 24.8 Å². The molecule has 0 saturated carbocycles. The van der Waals surface area contributed by atoms with Crippen molar-refractivity contribution in [2.75, 3.05) is 6.54 Å². The van der Waals surface area contributed by atoms with Gasteiger partial charge in [0.1, 0.15) is 0 Å². The molecule has 2 aromatic rings. The minimum atomic E-state index is -0.212. The second-order valence-corrected chi connectivity index (χ2v) is 4.04. The molecule has 5 nitrogen and oxygen atoms in total.